The van der Waals surface area contributed by atoms with Gasteiger partial charge in [0.1, 0.15) is 0 Å². The second kappa shape index (κ2) is 5.29. The summed E-state index contributed by atoms with van der Waals surface area (Å²) < 4.78 is 11.0. The van der Waals surface area contributed by atoms with Crippen LogP contribution in [-0.4, -0.2) is 19.8 Å². The number of rotatable bonds is 5. The zero-order valence-corrected chi connectivity index (χ0v) is 9.19. The zero-order valence-electron chi connectivity index (χ0n) is 9.19. The Morgan fingerprint density at radius 3 is 2.60 bits per heavy atom. The van der Waals surface area contributed by atoms with Crippen molar-refractivity contribution < 1.29 is 9.47 Å². The Bertz CT molecular complexity index is 282. The van der Waals surface area contributed by atoms with Gasteiger partial charge in [-0.2, -0.15) is 0 Å². The van der Waals surface area contributed by atoms with Crippen molar-refractivity contribution in [3.8, 4) is 0 Å². The van der Waals surface area contributed by atoms with Gasteiger partial charge in [0.25, 0.3) is 0 Å². The van der Waals surface area contributed by atoms with E-state index in [-0.39, 0.29) is 0 Å². The van der Waals surface area contributed by atoms with Crippen LogP contribution in [-0.2, 0) is 16.1 Å². The molecule has 2 nitrogen and oxygen atoms in total. The molecule has 0 radical (unpaired) electrons. The van der Waals surface area contributed by atoms with Crippen molar-refractivity contribution in [2.24, 2.45) is 5.92 Å². The molecule has 82 valence electrons. The van der Waals surface area contributed by atoms with E-state index in [1.807, 2.05) is 18.2 Å². The van der Waals surface area contributed by atoms with Gasteiger partial charge in [-0.1, -0.05) is 30.3 Å². The lowest BCUT2D eigenvalue weighted by atomic mass is 9.82. The fourth-order valence-electron chi connectivity index (χ4n) is 1.94. The van der Waals surface area contributed by atoms with Gasteiger partial charge in [-0.3, -0.25) is 0 Å². The highest BCUT2D eigenvalue weighted by Crippen LogP contribution is 2.30. The van der Waals surface area contributed by atoms with Crippen molar-refractivity contribution in [1.82, 2.24) is 0 Å². The summed E-state index contributed by atoms with van der Waals surface area (Å²) in [5.74, 6) is 0.610. The SMILES string of the molecule is CO[C@H]1CCC1COCc1ccccc1. The van der Waals surface area contributed by atoms with Crippen LogP contribution in [0.3, 0.4) is 0 Å². The molecule has 2 atom stereocenters. The van der Waals surface area contributed by atoms with E-state index in [9.17, 15) is 0 Å². The molecule has 0 aliphatic heterocycles. The lowest BCUT2D eigenvalue weighted by molar-refractivity contribution is -0.0590. The van der Waals surface area contributed by atoms with Crippen molar-refractivity contribution >= 4 is 0 Å². The Morgan fingerprint density at radius 1 is 1.20 bits per heavy atom. The van der Waals surface area contributed by atoms with E-state index in [0.29, 0.717) is 18.6 Å². The molecule has 0 aromatic heterocycles. The van der Waals surface area contributed by atoms with Crippen LogP contribution >= 0.6 is 0 Å². The van der Waals surface area contributed by atoms with Crippen molar-refractivity contribution in [3.63, 3.8) is 0 Å². The molecule has 1 aromatic rings. The summed E-state index contributed by atoms with van der Waals surface area (Å²) >= 11 is 0. The number of benzene rings is 1. The van der Waals surface area contributed by atoms with Crippen LogP contribution < -0.4 is 0 Å². The predicted octanol–water partition coefficient (Wildman–Crippen LogP) is 2.63. The van der Waals surface area contributed by atoms with E-state index in [4.69, 9.17) is 9.47 Å². The van der Waals surface area contributed by atoms with Crippen LogP contribution in [0.15, 0.2) is 30.3 Å². The highest BCUT2D eigenvalue weighted by molar-refractivity contribution is 5.13. The van der Waals surface area contributed by atoms with E-state index in [0.717, 1.165) is 6.61 Å². The van der Waals surface area contributed by atoms with Gasteiger partial charge < -0.3 is 9.47 Å². The normalized spacial score (nSPS) is 24.9. The van der Waals surface area contributed by atoms with E-state index in [2.05, 4.69) is 12.1 Å². The molecule has 0 heterocycles. The molecule has 1 aliphatic carbocycles. The maximum Gasteiger partial charge on any atom is 0.0717 e. The van der Waals surface area contributed by atoms with Gasteiger partial charge in [-0.25, -0.2) is 0 Å². The van der Waals surface area contributed by atoms with Crippen LogP contribution in [0, 0.1) is 5.92 Å². The topological polar surface area (TPSA) is 18.5 Å². The first-order chi connectivity index (χ1) is 7.40. The van der Waals surface area contributed by atoms with E-state index < -0.39 is 0 Å². The van der Waals surface area contributed by atoms with Gasteiger partial charge in [0.2, 0.25) is 0 Å². The molecule has 0 spiro atoms. The summed E-state index contributed by atoms with van der Waals surface area (Å²) in [5, 5.41) is 0. The maximum atomic E-state index is 5.68. The van der Waals surface area contributed by atoms with E-state index in [1.165, 1.54) is 18.4 Å². The number of ether oxygens (including phenoxy) is 2. The lowest BCUT2D eigenvalue weighted by Gasteiger charge is -2.34. The average molecular weight is 206 g/mol. The molecular weight excluding hydrogens is 188 g/mol. The summed E-state index contributed by atoms with van der Waals surface area (Å²) in [4.78, 5) is 0. The van der Waals surface area contributed by atoms with Gasteiger partial charge in [-0.05, 0) is 18.4 Å². The average Bonchev–Trinajstić information content (AvgIpc) is 2.25. The van der Waals surface area contributed by atoms with Gasteiger partial charge >= 0.3 is 0 Å². The van der Waals surface area contributed by atoms with Crippen LogP contribution in [0.4, 0.5) is 0 Å². The molecular formula is C13H18O2. The molecule has 1 aliphatic rings. The largest absolute Gasteiger partial charge is 0.381 e. The van der Waals surface area contributed by atoms with Crippen LogP contribution in [0.2, 0.25) is 0 Å². The summed E-state index contributed by atoms with van der Waals surface area (Å²) in [7, 11) is 1.79. The molecule has 0 bridgehead atoms. The zero-order chi connectivity index (χ0) is 10.5. The van der Waals surface area contributed by atoms with E-state index in [1.54, 1.807) is 7.11 Å². The Hall–Kier alpha value is -0.860. The standard InChI is InChI=1S/C13H18O2/c1-14-13-8-7-12(13)10-15-9-11-5-3-2-4-6-11/h2-6,12-13H,7-10H2,1H3/t12?,13-/m0/s1. The first kappa shape index (κ1) is 10.7. The summed E-state index contributed by atoms with van der Waals surface area (Å²) in [6, 6.07) is 10.3. The van der Waals surface area contributed by atoms with Crippen molar-refractivity contribution in [1.29, 1.82) is 0 Å². The Morgan fingerprint density at radius 2 is 2.00 bits per heavy atom. The van der Waals surface area contributed by atoms with Gasteiger partial charge in [0, 0.05) is 13.0 Å². The summed E-state index contributed by atoms with van der Waals surface area (Å²) in [6.45, 7) is 1.54. The molecule has 1 saturated carbocycles. The highest BCUT2D eigenvalue weighted by atomic mass is 16.5. The number of hydrogen-bond donors (Lipinski definition) is 0. The van der Waals surface area contributed by atoms with Crippen molar-refractivity contribution in [3.05, 3.63) is 35.9 Å². The van der Waals surface area contributed by atoms with Crippen LogP contribution in [0.1, 0.15) is 18.4 Å². The third-order valence-corrected chi connectivity index (χ3v) is 3.09. The quantitative estimate of drug-likeness (QED) is 0.737. The minimum atomic E-state index is 0.431. The van der Waals surface area contributed by atoms with Gasteiger partial charge in [0.15, 0.2) is 0 Å². The van der Waals surface area contributed by atoms with E-state index >= 15 is 0 Å². The fraction of sp³-hybridized carbons (Fsp3) is 0.538. The fourth-order valence-corrected chi connectivity index (χ4v) is 1.94. The van der Waals surface area contributed by atoms with Crippen LogP contribution in [0.25, 0.3) is 0 Å². The van der Waals surface area contributed by atoms with Crippen molar-refractivity contribution in [2.75, 3.05) is 13.7 Å². The molecule has 0 saturated heterocycles. The van der Waals surface area contributed by atoms with Crippen LogP contribution in [0.5, 0.6) is 0 Å². The molecule has 2 rings (SSSR count). The number of hydrogen-bond acceptors (Lipinski definition) is 2. The summed E-state index contributed by atoms with van der Waals surface area (Å²) in [5.41, 5.74) is 1.24. The third-order valence-electron chi connectivity index (χ3n) is 3.09. The molecule has 2 heteroatoms. The first-order valence-corrected chi connectivity index (χ1v) is 5.54. The summed E-state index contributed by atoms with van der Waals surface area (Å²) in [6.07, 6.45) is 2.86. The minimum absolute atomic E-state index is 0.431. The molecule has 1 fully saturated rings. The Kier molecular flexibility index (Phi) is 3.75. The maximum absolute atomic E-state index is 5.68. The second-order valence-electron chi connectivity index (χ2n) is 4.11. The molecule has 1 unspecified atom stereocenters. The Balaban J connectivity index is 1.67. The van der Waals surface area contributed by atoms with Gasteiger partial charge in [0.05, 0.1) is 19.3 Å². The molecule has 15 heavy (non-hydrogen) atoms. The first-order valence-electron chi connectivity index (χ1n) is 5.54. The van der Waals surface area contributed by atoms with Crippen molar-refractivity contribution in [2.45, 2.75) is 25.6 Å². The number of methoxy groups -OCH3 is 1. The second-order valence-corrected chi connectivity index (χ2v) is 4.11. The molecule has 0 N–H and O–H groups in total. The smallest absolute Gasteiger partial charge is 0.0717 e. The lowest BCUT2D eigenvalue weighted by Crippen LogP contribution is -2.36. The predicted molar refractivity (Wildman–Crippen MR) is 59.6 cm³/mol. The molecule has 0 amide bonds. The highest BCUT2D eigenvalue weighted by Gasteiger charge is 2.30. The molecule has 1 aromatic carbocycles. The monoisotopic (exact) mass is 206 g/mol. The van der Waals surface area contributed by atoms with Gasteiger partial charge in [-0.15, -0.1) is 0 Å². The third kappa shape index (κ3) is 2.80. The minimum Gasteiger partial charge on any atom is -0.381 e. The Labute approximate surface area is 91.2 Å².